The molecule has 7 heteroatoms. The van der Waals surface area contributed by atoms with Crippen LogP contribution in [0.25, 0.3) is 0 Å². The molecule has 0 saturated carbocycles. The lowest BCUT2D eigenvalue weighted by Gasteiger charge is -2.28. The van der Waals surface area contributed by atoms with Crippen LogP contribution in [-0.4, -0.2) is 44.0 Å². The largest absolute Gasteiger partial charge is 0.484 e. The normalized spacial score (nSPS) is 10.6. The van der Waals surface area contributed by atoms with Gasteiger partial charge in [-0.3, -0.25) is 9.59 Å². The number of nitrogens with one attached hydrogen (secondary N) is 1. The van der Waals surface area contributed by atoms with Gasteiger partial charge in [-0.1, -0.05) is 26.0 Å². The van der Waals surface area contributed by atoms with Gasteiger partial charge in [-0.05, 0) is 30.5 Å². The van der Waals surface area contributed by atoms with Gasteiger partial charge in [-0.2, -0.15) is 0 Å². The molecule has 1 rings (SSSR count). The molecule has 142 valence electrons. The number of amides is 2. The first-order chi connectivity index (χ1) is 11.4. The third-order valence-electron chi connectivity index (χ3n) is 4.44. The first-order valence-electron chi connectivity index (χ1n) is 8.28. The fraction of sp³-hybridized carbons (Fsp3) is 0.556. The summed E-state index contributed by atoms with van der Waals surface area (Å²) < 4.78 is 5.48. The Morgan fingerprint density at radius 2 is 1.88 bits per heavy atom. The van der Waals surface area contributed by atoms with Crippen LogP contribution in [0.5, 0.6) is 5.75 Å². The van der Waals surface area contributed by atoms with E-state index in [1.165, 1.54) is 4.90 Å². The zero-order valence-corrected chi connectivity index (χ0v) is 16.3. The van der Waals surface area contributed by atoms with Crippen molar-refractivity contribution in [1.29, 1.82) is 0 Å². The van der Waals surface area contributed by atoms with Crippen LogP contribution in [0.15, 0.2) is 24.3 Å². The summed E-state index contributed by atoms with van der Waals surface area (Å²) in [6, 6.07) is 7.36. The molecule has 1 aromatic carbocycles. The summed E-state index contributed by atoms with van der Waals surface area (Å²) in [5.41, 5.74) is 6.20. The molecule has 0 aliphatic carbocycles. The van der Waals surface area contributed by atoms with Crippen molar-refractivity contribution >= 4 is 24.2 Å². The number of carbonyl (C=O) groups excluding carboxylic acids is 2. The van der Waals surface area contributed by atoms with E-state index in [-0.39, 0.29) is 30.8 Å². The van der Waals surface area contributed by atoms with Crippen molar-refractivity contribution in [3.63, 3.8) is 0 Å². The number of nitrogens with two attached hydrogens (primary N) is 1. The number of rotatable bonds is 9. The Kier molecular flexibility index (Phi) is 10.2. The van der Waals surface area contributed by atoms with Crippen molar-refractivity contribution in [2.45, 2.75) is 33.2 Å². The number of nitrogens with zero attached hydrogens (tertiary/aromatic N) is 1. The molecule has 6 nitrogen and oxygen atoms in total. The van der Waals surface area contributed by atoms with E-state index in [0.717, 1.165) is 5.56 Å². The smallest absolute Gasteiger partial charge is 0.259 e. The molecule has 0 radical (unpaired) electrons. The Morgan fingerprint density at radius 1 is 1.24 bits per heavy atom. The van der Waals surface area contributed by atoms with E-state index in [1.807, 2.05) is 32.0 Å². The van der Waals surface area contributed by atoms with Gasteiger partial charge in [0, 0.05) is 27.2 Å². The number of ether oxygens (including phenoxy) is 1. The summed E-state index contributed by atoms with van der Waals surface area (Å²) in [5, 5.41) is 2.95. The number of hydrogen-bond acceptors (Lipinski definition) is 4. The van der Waals surface area contributed by atoms with E-state index in [1.54, 1.807) is 20.2 Å². The molecule has 1 aromatic rings. The highest BCUT2D eigenvalue weighted by Gasteiger charge is 2.32. The van der Waals surface area contributed by atoms with Gasteiger partial charge >= 0.3 is 0 Å². The molecule has 0 heterocycles. The van der Waals surface area contributed by atoms with Crippen LogP contribution in [0.1, 0.15) is 32.3 Å². The highest BCUT2D eigenvalue weighted by Crippen LogP contribution is 2.25. The van der Waals surface area contributed by atoms with Crippen LogP contribution in [0.4, 0.5) is 0 Å². The summed E-state index contributed by atoms with van der Waals surface area (Å²) in [4.78, 5) is 25.5. The van der Waals surface area contributed by atoms with Gasteiger partial charge in [0.2, 0.25) is 5.91 Å². The average molecular weight is 372 g/mol. The van der Waals surface area contributed by atoms with E-state index in [9.17, 15) is 9.59 Å². The maximum atomic E-state index is 12.4. The fourth-order valence-electron chi connectivity index (χ4n) is 2.34. The minimum absolute atomic E-state index is 0. The van der Waals surface area contributed by atoms with Gasteiger partial charge in [0.05, 0.1) is 5.41 Å². The van der Waals surface area contributed by atoms with Crippen LogP contribution in [0, 0.1) is 5.41 Å². The molecule has 0 atom stereocenters. The monoisotopic (exact) mass is 371 g/mol. The molecule has 0 aliphatic heterocycles. The van der Waals surface area contributed by atoms with Crippen molar-refractivity contribution in [3.05, 3.63) is 29.8 Å². The molecule has 0 unspecified atom stereocenters. The van der Waals surface area contributed by atoms with Crippen LogP contribution >= 0.6 is 12.4 Å². The van der Waals surface area contributed by atoms with Gasteiger partial charge < -0.3 is 20.7 Å². The van der Waals surface area contributed by atoms with Crippen LogP contribution in [0.2, 0.25) is 0 Å². The zero-order valence-electron chi connectivity index (χ0n) is 15.5. The molecule has 0 aromatic heterocycles. The molecule has 2 amide bonds. The van der Waals surface area contributed by atoms with E-state index >= 15 is 0 Å². The van der Waals surface area contributed by atoms with Crippen molar-refractivity contribution in [2.24, 2.45) is 11.1 Å². The Hall–Kier alpha value is -1.79. The lowest BCUT2D eigenvalue weighted by Crippen LogP contribution is -2.45. The number of halogens is 1. The molecule has 0 aliphatic rings. The van der Waals surface area contributed by atoms with Crippen molar-refractivity contribution < 1.29 is 14.3 Å². The predicted molar refractivity (Wildman–Crippen MR) is 102 cm³/mol. The van der Waals surface area contributed by atoms with E-state index < -0.39 is 5.41 Å². The Morgan fingerprint density at radius 3 is 2.40 bits per heavy atom. The Bertz CT molecular complexity index is 552. The maximum Gasteiger partial charge on any atom is 0.259 e. The lowest BCUT2D eigenvalue weighted by molar-refractivity contribution is -0.131. The first-order valence-corrected chi connectivity index (χ1v) is 8.28. The molecule has 0 fully saturated rings. The number of benzene rings is 1. The highest BCUT2D eigenvalue weighted by molar-refractivity contribution is 5.85. The molecule has 0 spiro atoms. The molecule has 0 saturated heterocycles. The van der Waals surface area contributed by atoms with E-state index in [4.69, 9.17) is 10.5 Å². The van der Waals surface area contributed by atoms with Crippen LogP contribution in [0.3, 0.4) is 0 Å². The van der Waals surface area contributed by atoms with Crippen molar-refractivity contribution in [1.82, 2.24) is 10.2 Å². The minimum atomic E-state index is -0.508. The second-order valence-corrected chi connectivity index (χ2v) is 6.10. The summed E-state index contributed by atoms with van der Waals surface area (Å²) in [6.07, 6.45) is 1.42. The molecule has 25 heavy (non-hydrogen) atoms. The number of likely N-dealkylation sites (N-methyl/N-ethyl adjacent to an activating group) is 1. The topological polar surface area (TPSA) is 84.7 Å². The van der Waals surface area contributed by atoms with Gasteiger partial charge in [-0.15, -0.1) is 12.4 Å². The molecular weight excluding hydrogens is 342 g/mol. The maximum absolute atomic E-state index is 12.4. The summed E-state index contributed by atoms with van der Waals surface area (Å²) in [5.74, 6) is 0.476. The van der Waals surface area contributed by atoms with E-state index in [2.05, 4.69) is 5.32 Å². The Balaban J connectivity index is 0.00000576. The molecular formula is C18H30ClN3O3. The third-order valence-corrected chi connectivity index (χ3v) is 4.44. The second-order valence-electron chi connectivity index (χ2n) is 6.10. The first kappa shape index (κ1) is 23.2. The number of carbonyl (C=O) groups is 2. The van der Waals surface area contributed by atoms with E-state index in [0.29, 0.717) is 31.7 Å². The van der Waals surface area contributed by atoms with Crippen LogP contribution in [-0.2, 0) is 16.1 Å². The van der Waals surface area contributed by atoms with Crippen molar-refractivity contribution in [3.8, 4) is 5.75 Å². The van der Waals surface area contributed by atoms with Gasteiger partial charge in [0.25, 0.3) is 5.91 Å². The predicted octanol–water partition coefficient (Wildman–Crippen LogP) is 1.96. The highest BCUT2D eigenvalue weighted by atomic mass is 35.5. The average Bonchev–Trinajstić information content (AvgIpc) is 2.60. The third kappa shape index (κ3) is 6.55. The molecule has 0 bridgehead atoms. The van der Waals surface area contributed by atoms with Gasteiger partial charge in [-0.25, -0.2) is 0 Å². The minimum Gasteiger partial charge on any atom is -0.484 e. The quantitative estimate of drug-likeness (QED) is 0.694. The SMILES string of the molecule is CCC(CC)(CN)C(=O)NCc1cccc(OCC(=O)N(C)C)c1.Cl. The fourth-order valence-corrected chi connectivity index (χ4v) is 2.34. The summed E-state index contributed by atoms with van der Waals surface area (Å²) >= 11 is 0. The Labute approximate surface area is 156 Å². The lowest BCUT2D eigenvalue weighted by atomic mass is 9.81. The summed E-state index contributed by atoms with van der Waals surface area (Å²) in [6.45, 7) is 4.68. The summed E-state index contributed by atoms with van der Waals surface area (Å²) in [7, 11) is 3.37. The second kappa shape index (κ2) is 10.9. The zero-order chi connectivity index (χ0) is 18.2. The number of hydrogen-bond donors (Lipinski definition) is 2. The van der Waals surface area contributed by atoms with Gasteiger partial charge in [0.15, 0.2) is 6.61 Å². The molecule has 3 N–H and O–H groups in total. The van der Waals surface area contributed by atoms with Crippen LogP contribution < -0.4 is 15.8 Å². The van der Waals surface area contributed by atoms with Crippen molar-refractivity contribution in [2.75, 3.05) is 27.2 Å². The van der Waals surface area contributed by atoms with Gasteiger partial charge in [0.1, 0.15) is 5.75 Å². The standard InChI is InChI=1S/C18H29N3O3.ClH/c1-5-18(6-2,13-19)17(23)20-11-14-8-7-9-15(10-14)24-12-16(22)21(3)4;/h7-10H,5-6,11-13,19H2,1-4H3,(H,20,23);1H.